The van der Waals surface area contributed by atoms with Gasteiger partial charge in [-0.2, -0.15) is 0 Å². The van der Waals surface area contributed by atoms with Crippen LogP contribution in [0.15, 0.2) is 16.5 Å². The van der Waals surface area contributed by atoms with Crippen molar-refractivity contribution in [2.24, 2.45) is 0 Å². The van der Waals surface area contributed by atoms with Gasteiger partial charge in [0.05, 0.1) is 0 Å². The van der Waals surface area contributed by atoms with E-state index < -0.39 is 0 Å². The Kier molecular flexibility index (Phi) is 2.99. The predicted octanol–water partition coefficient (Wildman–Crippen LogP) is 2.04. The number of carbonyl (C=O) groups excluding carboxylic acids is 1. The van der Waals surface area contributed by atoms with Crippen LogP contribution in [-0.4, -0.2) is 15.3 Å². The smallest absolute Gasteiger partial charge is 0.221 e. The summed E-state index contributed by atoms with van der Waals surface area (Å²) in [6.07, 6.45) is 0. The fraction of sp³-hybridized carbons (Fsp3) is 0.286. The van der Waals surface area contributed by atoms with E-state index in [0.29, 0.717) is 9.91 Å². The van der Waals surface area contributed by atoms with Crippen LogP contribution in [0.4, 0.5) is 0 Å². The lowest BCUT2D eigenvalue weighted by atomic mass is 10.4. The number of hydrogen-bond donors (Lipinski definition) is 0. The molecule has 0 saturated heterocycles. The largest absolute Gasteiger partial charge is 0.282 e. The van der Waals surface area contributed by atoms with Gasteiger partial charge in [-0.25, -0.2) is 0 Å². The van der Waals surface area contributed by atoms with Crippen LogP contribution >= 0.6 is 23.1 Å². The average molecular weight is 200 g/mol. The van der Waals surface area contributed by atoms with Gasteiger partial charge in [0.15, 0.2) is 4.34 Å². The molecule has 1 rings (SSSR count). The summed E-state index contributed by atoms with van der Waals surface area (Å²) >= 11 is 2.49. The fourth-order valence-corrected chi connectivity index (χ4v) is 2.07. The molecule has 0 radical (unpaired) electrons. The number of aromatic nitrogens is 2. The van der Waals surface area contributed by atoms with Crippen molar-refractivity contribution in [3.8, 4) is 0 Å². The van der Waals surface area contributed by atoms with Crippen LogP contribution in [0.1, 0.15) is 11.9 Å². The van der Waals surface area contributed by atoms with Crippen LogP contribution in [0, 0.1) is 6.92 Å². The molecule has 0 fully saturated rings. The topological polar surface area (TPSA) is 42.9 Å². The zero-order valence-electron chi connectivity index (χ0n) is 6.83. The monoisotopic (exact) mass is 200 g/mol. The molecule has 1 heterocycles. The first-order valence-corrected chi connectivity index (χ1v) is 4.90. The third-order valence-corrected chi connectivity index (χ3v) is 2.96. The van der Waals surface area contributed by atoms with Crippen LogP contribution < -0.4 is 0 Å². The molecule has 1 aromatic heterocycles. The molecule has 12 heavy (non-hydrogen) atoms. The highest BCUT2D eigenvalue weighted by molar-refractivity contribution is 8.15. The van der Waals surface area contributed by atoms with Crippen molar-refractivity contribution >= 4 is 28.2 Å². The van der Waals surface area contributed by atoms with E-state index in [1.807, 2.05) is 6.92 Å². The molecule has 0 aliphatic rings. The van der Waals surface area contributed by atoms with E-state index in [1.165, 1.54) is 11.3 Å². The molecular weight excluding hydrogens is 192 g/mol. The lowest BCUT2D eigenvalue weighted by Gasteiger charge is -1.91. The maximum Gasteiger partial charge on any atom is 0.221 e. The Morgan fingerprint density at radius 2 is 2.25 bits per heavy atom. The third-order valence-electron chi connectivity index (χ3n) is 1.04. The van der Waals surface area contributed by atoms with Crippen LogP contribution in [0.3, 0.4) is 0 Å². The molecule has 0 N–H and O–H groups in total. The number of thioether (sulfide) groups is 1. The molecular formula is C7H8N2OS2. The molecule has 3 nitrogen and oxygen atoms in total. The summed E-state index contributed by atoms with van der Waals surface area (Å²) in [5.41, 5.74) is 0.535. The molecule has 64 valence electrons. The Hall–Kier alpha value is -0.680. The molecule has 0 amide bonds. The third kappa shape index (κ3) is 2.42. The molecule has 0 aliphatic carbocycles. The van der Waals surface area contributed by atoms with Crippen molar-refractivity contribution in [1.82, 2.24) is 10.2 Å². The van der Waals surface area contributed by atoms with Crippen LogP contribution in [0.25, 0.3) is 0 Å². The van der Waals surface area contributed by atoms with E-state index in [4.69, 9.17) is 0 Å². The van der Waals surface area contributed by atoms with Crippen molar-refractivity contribution in [1.29, 1.82) is 0 Å². The van der Waals surface area contributed by atoms with E-state index >= 15 is 0 Å². The van der Waals surface area contributed by atoms with Crippen LogP contribution in [0.5, 0.6) is 0 Å². The molecule has 0 aliphatic heterocycles. The zero-order valence-corrected chi connectivity index (χ0v) is 8.46. The Labute approximate surface area is 78.9 Å². The summed E-state index contributed by atoms with van der Waals surface area (Å²) in [5.74, 6) is 0. The standard InChI is InChI=1S/C7H8N2OS2/c1-4(2)6(10)12-7-9-8-5(3)11-7/h1H2,2-3H3. The average Bonchev–Trinajstić information content (AvgIpc) is 2.35. The first-order valence-electron chi connectivity index (χ1n) is 3.27. The Morgan fingerprint density at radius 3 is 2.67 bits per heavy atom. The van der Waals surface area contributed by atoms with Crippen molar-refractivity contribution in [2.75, 3.05) is 0 Å². The minimum atomic E-state index is -0.0499. The molecule has 1 aromatic rings. The lowest BCUT2D eigenvalue weighted by molar-refractivity contribution is -0.107. The molecule has 0 saturated carbocycles. The SMILES string of the molecule is C=C(C)C(=O)Sc1nnc(C)s1. The van der Waals surface area contributed by atoms with Crippen LogP contribution in [0.2, 0.25) is 0 Å². The van der Waals surface area contributed by atoms with Crippen LogP contribution in [-0.2, 0) is 4.79 Å². The number of nitrogens with zero attached hydrogens (tertiary/aromatic N) is 2. The highest BCUT2D eigenvalue weighted by Gasteiger charge is 2.08. The zero-order chi connectivity index (χ0) is 9.14. The second-order valence-corrected chi connectivity index (χ2v) is 4.66. The summed E-state index contributed by atoms with van der Waals surface area (Å²) < 4.78 is 0.681. The summed E-state index contributed by atoms with van der Waals surface area (Å²) in [5, 5.41) is 8.42. The van der Waals surface area contributed by atoms with E-state index in [0.717, 1.165) is 16.8 Å². The maximum absolute atomic E-state index is 11.1. The first kappa shape index (κ1) is 9.41. The van der Waals surface area contributed by atoms with Crippen molar-refractivity contribution < 1.29 is 4.79 Å². The van der Waals surface area contributed by atoms with Gasteiger partial charge in [0.1, 0.15) is 5.01 Å². The number of carbonyl (C=O) groups is 1. The minimum absolute atomic E-state index is 0.0499. The molecule has 5 heteroatoms. The van der Waals surface area contributed by atoms with E-state index in [2.05, 4.69) is 16.8 Å². The van der Waals surface area contributed by atoms with Crippen molar-refractivity contribution in [3.05, 3.63) is 17.2 Å². The summed E-state index contributed by atoms with van der Waals surface area (Å²) in [4.78, 5) is 11.1. The highest BCUT2D eigenvalue weighted by atomic mass is 32.2. The second kappa shape index (κ2) is 3.82. The normalized spacial score (nSPS) is 9.83. The predicted molar refractivity (Wildman–Crippen MR) is 50.3 cm³/mol. The Morgan fingerprint density at radius 1 is 1.58 bits per heavy atom. The molecule has 0 atom stereocenters. The number of aryl methyl sites for hydroxylation is 1. The maximum atomic E-state index is 11.1. The van der Waals surface area contributed by atoms with E-state index in [-0.39, 0.29) is 5.12 Å². The summed E-state index contributed by atoms with van der Waals surface area (Å²) in [6, 6.07) is 0. The van der Waals surface area contributed by atoms with Crippen molar-refractivity contribution in [2.45, 2.75) is 18.2 Å². The van der Waals surface area contributed by atoms with E-state index in [1.54, 1.807) is 6.92 Å². The van der Waals surface area contributed by atoms with Gasteiger partial charge < -0.3 is 0 Å². The van der Waals surface area contributed by atoms with Gasteiger partial charge in [0.2, 0.25) is 5.12 Å². The van der Waals surface area contributed by atoms with Gasteiger partial charge in [-0.3, -0.25) is 4.79 Å². The summed E-state index contributed by atoms with van der Waals surface area (Å²) in [6.45, 7) is 7.08. The summed E-state index contributed by atoms with van der Waals surface area (Å²) in [7, 11) is 0. The van der Waals surface area contributed by atoms with Crippen molar-refractivity contribution in [3.63, 3.8) is 0 Å². The van der Waals surface area contributed by atoms with Gasteiger partial charge in [0.25, 0.3) is 0 Å². The number of hydrogen-bond acceptors (Lipinski definition) is 5. The Bertz CT molecular complexity index is 319. The van der Waals surface area contributed by atoms with Gasteiger partial charge in [-0.1, -0.05) is 17.9 Å². The van der Waals surface area contributed by atoms with Gasteiger partial charge >= 0.3 is 0 Å². The minimum Gasteiger partial charge on any atom is -0.282 e. The first-order chi connectivity index (χ1) is 5.59. The van der Waals surface area contributed by atoms with E-state index in [9.17, 15) is 4.79 Å². The fourth-order valence-electron chi connectivity index (χ4n) is 0.486. The second-order valence-electron chi connectivity index (χ2n) is 2.26. The molecule has 0 unspecified atom stereocenters. The quantitative estimate of drug-likeness (QED) is 0.541. The highest BCUT2D eigenvalue weighted by Crippen LogP contribution is 2.24. The molecule has 0 bridgehead atoms. The number of rotatable bonds is 2. The van der Waals surface area contributed by atoms with Gasteiger partial charge in [-0.05, 0) is 31.2 Å². The lowest BCUT2D eigenvalue weighted by Crippen LogP contribution is -1.90. The molecule has 0 aromatic carbocycles. The van der Waals surface area contributed by atoms with Gasteiger partial charge in [0, 0.05) is 0 Å². The molecule has 0 spiro atoms. The van der Waals surface area contributed by atoms with Gasteiger partial charge in [-0.15, -0.1) is 10.2 Å². The Balaban J connectivity index is 2.64.